The average Bonchev–Trinajstić information content (AvgIpc) is 2.37. The monoisotopic (exact) mass is 300 g/mol. The van der Waals surface area contributed by atoms with Crippen LogP contribution in [0.15, 0.2) is 5.03 Å². The van der Waals surface area contributed by atoms with Gasteiger partial charge in [0.15, 0.2) is 0 Å². The summed E-state index contributed by atoms with van der Waals surface area (Å²) >= 11 is 1.33. The molecular weight excluding hydrogens is 280 g/mol. The maximum atomic E-state index is 11.3. The second-order valence-corrected chi connectivity index (χ2v) is 5.58. The Bertz CT molecular complexity index is 466. The molecule has 0 fully saturated rings. The van der Waals surface area contributed by atoms with Gasteiger partial charge in [-0.05, 0) is 6.92 Å². The van der Waals surface area contributed by atoms with Gasteiger partial charge in [0.2, 0.25) is 0 Å². The van der Waals surface area contributed by atoms with Crippen LogP contribution in [-0.4, -0.2) is 51.7 Å². The highest BCUT2D eigenvalue weighted by Crippen LogP contribution is 2.24. The van der Waals surface area contributed by atoms with E-state index in [-0.39, 0.29) is 24.7 Å². The van der Waals surface area contributed by atoms with Crippen LogP contribution in [0.5, 0.6) is 0 Å². The predicted octanol–water partition coefficient (Wildman–Crippen LogP) is 1.71. The third-order valence-corrected chi connectivity index (χ3v) is 3.45. The van der Waals surface area contributed by atoms with Gasteiger partial charge in [-0.1, -0.05) is 13.8 Å². The summed E-state index contributed by atoms with van der Waals surface area (Å²) in [6.45, 7) is 6.32. The van der Waals surface area contributed by atoms with Crippen molar-refractivity contribution < 1.29 is 19.7 Å². The number of carbonyl (C=O) groups is 1. The Labute approximate surface area is 122 Å². The van der Waals surface area contributed by atoms with E-state index in [9.17, 15) is 9.90 Å². The molecule has 20 heavy (non-hydrogen) atoms. The maximum absolute atomic E-state index is 11.3. The van der Waals surface area contributed by atoms with Gasteiger partial charge in [0.25, 0.3) is 0 Å². The molecule has 1 aromatic heterocycles. The number of hydrogen-bond acceptors (Lipinski definition) is 6. The number of rotatable bonds is 8. The van der Waals surface area contributed by atoms with Crippen LogP contribution in [0.3, 0.4) is 0 Å². The maximum Gasteiger partial charge on any atom is 0.340 e. The predicted molar refractivity (Wildman–Crippen MR) is 76.4 cm³/mol. The van der Waals surface area contributed by atoms with Crippen molar-refractivity contribution in [2.24, 2.45) is 0 Å². The molecule has 0 aliphatic heterocycles. The molecule has 7 heteroatoms. The van der Waals surface area contributed by atoms with Gasteiger partial charge < -0.3 is 14.9 Å². The largest absolute Gasteiger partial charge is 0.478 e. The Balaban J connectivity index is 2.87. The lowest BCUT2D eigenvalue weighted by molar-refractivity contribution is 0.0690. The van der Waals surface area contributed by atoms with E-state index >= 15 is 0 Å². The molecule has 0 amide bonds. The number of aromatic carboxylic acids is 1. The number of thioether (sulfide) groups is 1. The number of aryl methyl sites for hydroxylation is 1. The summed E-state index contributed by atoms with van der Waals surface area (Å²) in [5.41, 5.74) is 0.636. The molecule has 2 N–H and O–H groups in total. The Hall–Kier alpha value is -1.18. The molecule has 1 heterocycles. The Morgan fingerprint density at radius 1 is 1.35 bits per heavy atom. The van der Waals surface area contributed by atoms with Crippen molar-refractivity contribution in [2.45, 2.75) is 31.7 Å². The lowest BCUT2D eigenvalue weighted by atomic mass is 10.2. The van der Waals surface area contributed by atoms with Gasteiger partial charge in [-0.25, -0.2) is 14.8 Å². The van der Waals surface area contributed by atoms with E-state index in [0.717, 1.165) is 0 Å². The van der Waals surface area contributed by atoms with E-state index in [1.54, 1.807) is 6.92 Å². The highest BCUT2D eigenvalue weighted by Gasteiger charge is 2.19. The normalized spacial score (nSPS) is 11.1. The van der Waals surface area contributed by atoms with E-state index in [4.69, 9.17) is 9.84 Å². The van der Waals surface area contributed by atoms with Gasteiger partial charge in [-0.15, -0.1) is 11.8 Å². The van der Waals surface area contributed by atoms with Crippen molar-refractivity contribution in [3.05, 3.63) is 17.1 Å². The number of ether oxygens (including phenoxy) is 1. The first-order valence-corrected chi connectivity index (χ1v) is 7.39. The summed E-state index contributed by atoms with van der Waals surface area (Å²) in [5.74, 6) is 0.346. The minimum absolute atomic E-state index is 0.0187. The van der Waals surface area contributed by atoms with Crippen LogP contribution in [0.4, 0.5) is 0 Å². The SMILES string of the molecule is Cc1nc(C(C)C)nc(SCCOCCO)c1C(=O)O. The van der Waals surface area contributed by atoms with E-state index < -0.39 is 5.97 Å². The quantitative estimate of drug-likeness (QED) is 0.429. The minimum atomic E-state index is -1.02. The fourth-order valence-electron chi connectivity index (χ4n) is 1.54. The summed E-state index contributed by atoms with van der Waals surface area (Å²) in [6.07, 6.45) is 0. The molecule has 0 unspecified atom stereocenters. The van der Waals surface area contributed by atoms with Crippen LogP contribution in [0.1, 0.15) is 41.6 Å². The molecule has 0 atom stereocenters. The number of aromatic nitrogens is 2. The molecule has 0 aliphatic rings. The lowest BCUT2D eigenvalue weighted by Crippen LogP contribution is -2.11. The molecule has 0 saturated heterocycles. The zero-order valence-electron chi connectivity index (χ0n) is 11.9. The Kier molecular flexibility index (Phi) is 6.90. The number of carboxylic acid groups (broad SMARTS) is 1. The zero-order chi connectivity index (χ0) is 15.1. The summed E-state index contributed by atoms with van der Waals surface area (Å²) in [7, 11) is 0. The molecule has 6 nitrogen and oxygen atoms in total. The molecule has 0 radical (unpaired) electrons. The third kappa shape index (κ3) is 4.73. The molecule has 1 rings (SSSR count). The fourth-order valence-corrected chi connectivity index (χ4v) is 2.47. The van der Waals surface area contributed by atoms with E-state index in [1.165, 1.54) is 11.8 Å². The van der Waals surface area contributed by atoms with Crippen LogP contribution >= 0.6 is 11.8 Å². The van der Waals surface area contributed by atoms with Crippen molar-refractivity contribution >= 4 is 17.7 Å². The molecule has 0 spiro atoms. The van der Waals surface area contributed by atoms with Crippen LogP contribution in [0, 0.1) is 6.92 Å². The highest BCUT2D eigenvalue weighted by atomic mass is 32.2. The number of nitrogens with zero attached hydrogens (tertiary/aromatic N) is 2. The van der Waals surface area contributed by atoms with Gasteiger partial charge in [-0.2, -0.15) is 0 Å². The average molecular weight is 300 g/mol. The van der Waals surface area contributed by atoms with E-state index in [2.05, 4.69) is 9.97 Å². The highest BCUT2D eigenvalue weighted by molar-refractivity contribution is 7.99. The second kappa shape index (κ2) is 8.18. The van der Waals surface area contributed by atoms with Gasteiger partial charge in [-0.3, -0.25) is 0 Å². The number of hydrogen-bond donors (Lipinski definition) is 2. The number of carboxylic acids is 1. The lowest BCUT2D eigenvalue weighted by Gasteiger charge is -2.12. The van der Waals surface area contributed by atoms with Crippen LogP contribution in [-0.2, 0) is 4.74 Å². The van der Waals surface area contributed by atoms with Crippen molar-refractivity contribution in [2.75, 3.05) is 25.6 Å². The summed E-state index contributed by atoms with van der Waals surface area (Å²) in [5, 5.41) is 18.3. The van der Waals surface area contributed by atoms with Crippen LogP contribution in [0.2, 0.25) is 0 Å². The minimum Gasteiger partial charge on any atom is -0.478 e. The van der Waals surface area contributed by atoms with E-state index in [0.29, 0.717) is 28.9 Å². The molecule has 0 aliphatic carbocycles. The fraction of sp³-hybridized carbons (Fsp3) is 0.615. The molecular formula is C13H20N2O4S. The first-order valence-electron chi connectivity index (χ1n) is 6.40. The third-order valence-electron chi connectivity index (χ3n) is 2.51. The van der Waals surface area contributed by atoms with Gasteiger partial charge >= 0.3 is 5.97 Å². The summed E-state index contributed by atoms with van der Waals surface area (Å²) in [6, 6.07) is 0. The van der Waals surface area contributed by atoms with Crippen LogP contribution in [0.25, 0.3) is 0 Å². The van der Waals surface area contributed by atoms with E-state index in [1.807, 2.05) is 13.8 Å². The Morgan fingerprint density at radius 2 is 2.05 bits per heavy atom. The van der Waals surface area contributed by atoms with Gasteiger partial charge in [0.05, 0.1) is 25.5 Å². The molecule has 0 saturated carbocycles. The van der Waals surface area contributed by atoms with Crippen LogP contribution < -0.4 is 0 Å². The topological polar surface area (TPSA) is 92.5 Å². The molecule has 1 aromatic rings. The van der Waals surface area contributed by atoms with Crippen molar-refractivity contribution in [1.82, 2.24) is 9.97 Å². The standard InChI is InChI=1S/C13H20N2O4S/c1-8(2)11-14-9(3)10(13(17)18)12(15-11)20-7-6-19-5-4-16/h8,16H,4-7H2,1-3H3,(H,17,18). The molecule has 0 bridgehead atoms. The zero-order valence-corrected chi connectivity index (χ0v) is 12.7. The van der Waals surface area contributed by atoms with Crippen molar-refractivity contribution in [3.63, 3.8) is 0 Å². The van der Waals surface area contributed by atoms with Gasteiger partial charge in [0.1, 0.15) is 16.4 Å². The molecule has 0 aromatic carbocycles. The summed E-state index contributed by atoms with van der Waals surface area (Å²) in [4.78, 5) is 19.9. The van der Waals surface area contributed by atoms with Gasteiger partial charge in [0, 0.05) is 11.7 Å². The first kappa shape index (κ1) is 16.9. The number of aliphatic hydroxyl groups is 1. The summed E-state index contributed by atoms with van der Waals surface area (Å²) < 4.78 is 5.15. The van der Waals surface area contributed by atoms with Crippen molar-refractivity contribution in [1.29, 1.82) is 0 Å². The smallest absolute Gasteiger partial charge is 0.340 e. The molecule has 112 valence electrons. The first-order chi connectivity index (χ1) is 9.47. The second-order valence-electron chi connectivity index (χ2n) is 4.49. The Morgan fingerprint density at radius 3 is 2.60 bits per heavy atom. The number of aliphatic hydroxyl groups excluding tert-OH is 1. The van der Waals surface area contributed by atoms with Crippen molar-refractivity contribution in [3.8, 4) is 0 Å².